The summed E-state index contributed by atoms with van der Waals surface area (Å²) in [5, 5.41) is 3.35. The molecule has 0 fully saturated rings. The first kappa shape index (κ1) is 20.5. The second-order valence-corrected chi connectivity index (χ2v) is 6.33. The maximum absolute atomic E-state index is 12.1. The number of esters is 1. The van der Waals surface area contributed by atoms with Gasteiger partial charge in [0, 0.05) is 17.3 Å². The monoisotopic (exact) mass is 406 g/mol. The van der Waals surface area contributed by atoms with E-state index in [4.69, 9.17) is 33.7 Å². The fourth-order valence-electron chi connectivity index (χ4n) is 2.01. The lowest BCUT2D eigenvalue weighted by Crippen LogP contribution is -2.29. The molecule has 2 amide bonds. The van der Waals surface area contributed by atoms with E-state index in [1.165, 1.54) is 43.3 Å². The molecule has 27 heavy (non-hydrogen) atoms. The third kappa shape index (κ3) is 6.13. The van der Waals surface area contributed by atoms with E-state index in [2.05, 4.69) is 5.32 Å². The molecule has 0 aliphatic heterocycles. The van der Waals surface area contributed by atoms with Crippen molar-refractivity contribution in [2.24, 2.45) is 5.73 Å². The van der Waals surface area contributed by atoms with Gasteiger partial charge in [0.05, 0.1) is 10.0 Å². The minimum atomic E-state index is -1.02. The molecule has 0 aliphatic carbocycles. The van der Waals surface area contributed by atoms with Crippen molar-refractivity contribution < 1.29 is 19.1 Å². The highest BCUT2D eigenvalue weighted by Crippen LogP contribution is 2.23. The topological polar surface area (TPSA) is 98.5 Å². The predicted octanol–water partition coefficient (Wildman–Crippen LogP) is 3.68. The van der Waals surface area contributed by atoms with Crippen LogP contribution < -0.4 is 11.1 Å². The molecule has 2 aromatic carbocycles. The number of ether oxygens (including phenoxy) is 1. The summed E-state index contributed by atoms with van der Waals surface area (Å²) >= 11 is 11.7. The number of benzene rings is 2. The summed E-state index contributed by atoms with van der Waals surface area (Å²) in [5.74, 6) is -1.77. The smallest absolute Gasteiger partial charge is 0.331 e. The molecule has 2 aromatic rings. The normalized spacial score (nSPS) is 11.8. The lowest BCUT2D eigenvalue weighted by Gasteiger charge is -2.12. The van der Waals surface area contributed by atoms with Crippen LogP contribution in [-0.4, -0.2) is 23.9 Å². The number of hydrogen-bond acceptors (Lipinski definition) is 4. The zero-order valence-electron chi connectivity index (χ0n) is 14.2. The highest BCUT2D eigenvalue weighted by molar-refractivity contribution is 6.42. The van der Waals surface area contributed by atoms with Crippen LogP contribution in [0.2, 0.25) is 10.0 Å². The van der Waals surface area contributed by atoms with Crippen molar-refractivity contribution in [3.63, 3.8) is 0 Å². The summed E-state index contributed by atoms with van der Waals surface area (Å²) in [7, 11) is 0. The highest BCUT2D eigenvalue weighted by atomic mass is 35.5. The number of primary amides is 1. The van der Waals surface area contributed by atoms with Crippen molar-refractivity contribution in [1.29, 1.82) is 0 Å². The molecule has 0 aliphatic rings. The Morgan fingerprint density at radius 1 is 1.07 bits per heavy atom. The standard InChI is InChI=1S/C19H16Cl2N2O4/c1-11(19(26)23-14-6-4-13(5-7-14)18(22)25)27-17(24)9-3-12-2-8-15(20)16(21)10-12/h2-11H,1H3,(H2,22,25)(H,23,26)/b9-3+/t11-/m1/s1. The van der Waals surface area contributed by atoms with Gasteiger partial charge in [-0.3, -0.25) is 9.59 Å². The van der Waals surface area contributed by atoms with Gasteiger partial charge in [0.1, 0.15) is 0 Å². The van der Waals surface area contributed by atoms with Crippen LogP contribution in [0.5, 0.6) is 0 Å². The van der Waals surface area contributed by atoms with Gasteiger partial charge in [0.25, 0.3) is 5.91 Å². The largest absolute Gasteiger partial charge is 0.449 e. The van der Waals surface area contributed by atoms with Crippen molar-refractivity contribution in [3.8, 4) is 0 Å². The first-order valence-corrected chi connectivity index (χ1v) is 8.56. The number of rotatable bonds is 6. The van der Waals surface area contributed by atoms with E-state index in [0.29, 0.717) is 26.9 Å². The van der Waals surface area contributed by atoms with Crippen LogP contribution in [0, 0.1) is 0 Å². The van der Waals surface area contributed by atoms with Gasteiger partial charge in [-0.05, 0) is 55.0 Å². The second kappa shape index (κ2) is 9.21. The number of hydrogen-bond donors (Lipinski definition) is 2. The fraction of sp³-hybridized carbons (Fsp3) is 0.105. The molecule has 0 radical (unpaired) electrons. The first-order valence-electron chi connectivity index (χ1n) is 7.80. The Morgan fingerprint density at radius 2 is 1.74 bits per heavy atom. The molecular formula is C19H16Cl2N2O4. The number of carbonyl (C=O) groups is 3. The minimum Gasteiger partial charge on any atom is -0.449 e. The minimum absolute atomic E-state index is 0.319. The van der Waals surface area contributed by atoms with E-state index >= 15 is 0 Å². The van der Waals surface area contributed by atoms with E-state index in [-0.39, 0.29) is 0 Å². The van der Waals surface area contributed by atoms with E-state index in [1.54, 1.807) is 18.2 Å². The average molecular weight is 407 g/mol. The molecule has 6 nitrogen and oxygen atoms in total. The maximum Gasteiger partial charge on any atom is 0.331 e. The predicted molar refractivity (Wildman–Crippen MR) is 105 cm³/mol. The van der Waals surface area contributed by atoms with Gasteiger partial charge in [-0.1, -0.05) is 29.3 Å². The van der Waals surface area contributed by atoms with Crippen LogP contribution in [0.4, 0.5) is 5.69 Å². The molecule has 3 N–H and O–H groups in total. The van der Waals surface area contributed by atoms with Crippen LogP contribution in [0.3, 0.4) is 0 Å². The molecule has 140 valence electrons. The molecule has 0 unspecified atom stereocenters. The summed E-state index contributed by atoms with van der Waals surface area (Å²) in [5.41, 5.74) is 6.57. The Balaban J connectivity index is 1.90. The van der Waals surface area contributed by atoms with E-state index in [1.807, 2.05) is 0 Å². The fourth-order valence-corrected chi connectivity index (χ4v) is 2.32. The number of halogens is 2. The third-order valence-corrected chi connectivity index (χ3v) is 4.19. The van der Waals surface area contributed by atoms with Crippen LogP contribution >= 0.6 is 23.2 Å². The maximum atomic E-state index is 12.1. The first-order chi connectivity index (χ1) is 12.8. The highest BCUT2D eigenvalue weighted by Gasteiger charge is 2.16. The number of amides is 2. The van der Waals surface area contributed by atoms with E-state index in [0.717, 1.165) is 0 Å². The molecule has 0 saturated carbocycles. The molecule has 0 heterocycles. The Kier molecular flexibility index (Phi) is 6.98. The Hall–Kier alpha value is -2.83. The Morgan fingerprint density at radius 3 is 2.33 bits per heavy atom. The van der Waals surface area contributed by atoms with Crippen molar-refractivity contribution in [2.45, 2.75) is 13.0 Å². The number of anilines is 1. The molecule has 2 rings (SSSR count). The summed E-state index contributed by atoms with van der Waals surface area (Å²) in [4.78, 5) is 35.0. The molecule has 1 atom stereocenters. The van der Waals surface area contributed by atoms with Crippen molar-refractivity contribution in [2.75, 3.05) is 5.32 Å². The van der Waals surface area contributed by atoms with Crippen molar-refractivity contribution >= 4 is 52.7 Å². The molecule has 0 bridgehead atoms. The van der Waals surface area contributed by atoms with Gasteiger partial charge in [-0.2, -0.15) is 0 Å². The van der Waals surface area contributed by atoms with E-state index < -0.39 is 23.9 Å². The summed E-state index contributed by atoms with van der Waals surface area (Å²) < 4.78 is 5.05. The number of nitrogens with one attached hydrogen (secondary N) is 1. The van der Waals surface area contributed by atoms with Gasteiger partial charge < -0.3 is 15.8 Å². The Labute approximate surface area is 165 Å². The molecular weight excluding hydrogens is 391 g/mol. The lowest BCUT2D eigenvalue weighted by molar-refractivity contribution is -0.148. The molecule has 0 aromatic heterocycles. The van der Waals surface area contributed by atoms with Gasteiger partial charge in [0.15, 0.2) is 6.10 Å². The zero-order valence-corrected chi connectivity index (χ0v) is 15.8. The Bertz CT molecular complexity index is 895. The lowest BCUT2D eigenvalue weighted by atomic mass is 10.2. The SMILES string of the molecule is C[C@@H](OC(=O)/C=C/c1ccc(Cl)c(Cl)c1)C(=O)Nc1ccc(C(N)=O)cc1. The van der Waals surface area contributed by atoms with Gasteiger partial charge in [0.2, 0.25) is 5.91 Å². The molecule has 0 saturated heterocycles. The van der Waals surface area contributed by atoms with Crippen molar-refractivity contribution in [1.82, 2.24) is 0 Å². The van der Waals surface area contributed by atoms with Crippen LogP contribution in [-0.2, 0) is 14.3 Å². The summed E-state index contributed by atoms with van der Waals surface area (Å²) in [6.07, 6.45) is 1.66. The zero-order chi connectivity index (χ0) is 20.0. The van der Waals surface area contributed by atoms with Crippen LogP contribution in [0.15, 0.2) is 48.5 Å². The van der Waals surface area contributed by atoms with Crippen molar-refractivity contribution in [3.05, 3.63) is 69.7 Å². The average Bonchev–Trinajstić information content (AvgIpc) is 2.63. The van der Waals surface area contributed by atoms with E-state index in [9.17, 15) is 14.4 Å². The quantitative estimate of drug-likeness (QED) is 0.564. The molecule has 0 spiro atoms. The summed E-state index contributed by atoms with van der Waals surface area (Å²) in [6.45, 7) is 1.44. The number of carbonyl (C=O) groups excluding carboxylic acids is 3. The van der Waals surface area contributed by atoms with Crippen LogP contribution in [0.25, 0.3) is 6.08 Å². The van der Waals surface area contributed by atoms with Gasteiger partial charge in [-0.15, -0.1) is 0 Å². The van der Waals surface area contributed by atoms with Gasteiger partial charge >= 0.3 is 5.97 Å². The third-order valence-electron chi connectivity index (χ3n) is 3.45. The molecule has 8 heteroatoms. The second-order valence-electron chi connectivity index (χ2n) is 5.52. The number of nitrogens with two attached hydrogens (primary N) is 1. The van der Waals surface area contributed by atoms with Crippen LogP contribution in [0.1, 0.15) is 22.8 Å². The van der Waals surface area contributed by atoms with Gasteiger partial charge in [-0.25, -0.2) is 4.79 Å². The summed E-state index contributed by atoms with van der Waals surface area (Å²) in [6, 6.07) is 10.9.